The van der Waals surface area contributed by atoms with Crippen LogP contribution in [0.15, 0.2) is 0 Å². The zero-order valence-electron chi connectivity index (χ0n) is 11.3. The smallest absolute Gasteiger partial charge is 0.0963 e. The number of aliphatic hydroxyl groups excluding tert-OH is 1. The Labute approximate surface area is 105 Å². The highest BCUT2D eigenvalue weighted by Gasteiger charge is 2.34. The first kappa shape index (κ1) is 13.3. The molecule has 0 radical (unpaired) electrons. The van der Waals surface area contributed by atoms with E-state index >= 15 is 0 Å². The van der Waals surface area contributed by atoms with Crippen molar-refractivity contribution in [1.82, 2.24) is 4.90 Å². The normalized spacial score (nSPS) is 37.9. The number of aliphatic hydroxyl groups is 1. The molecule has 3 nitrogen and oxygen atoms in total. The van der Waals surface area contributed by atoms with Gasteiger partial charge in [-0.15, -0.1) is 0 Å². The molecule has 2 rings (SSSR count). The Bertz CT molecular complexity index is 234. The van der Waals surface area contributed by atoms with E-state index in [0.29, 0.717) is 5.92 Å². The molecule has 0 spiro atoms. The molecule has 2 fully saturated rings. The summed E-state index contributed by atoms with van der Waals surface area (Å²) in [4.78, 5) is 2.26. The summed E-state index contributed by atoms with van der Waals surface area (Å²) in [5, 5.41) is 10.5. The van der Waals surface area contributed by atoms with Crippen molar-refractivity contribution in [2.45, 2.75) is 51.2 Å². The number of hydrogen-bond donors (Lipinski definition) is 1. The molecule has 1 aliphatic heterocycles. The summed E-state index contributed by atoms with van der Waals surface area (Å²) in [6.45, 7) is 4.91. The Kier molecular flexibility index (Phi) is 4.83. The molecule has 100 valence electrons. The third-order valence-corrected chi connectivity index (χ3v) is 4.56. The van der Waals surface area contributed by atoms with Crippen LogP contribution >= 0.6 is 0 Å². The molecule has 1 saturated carbocycles. The average Bonchev–Trinajstić information content (AvgIpc) is 2.38. The van der Waals surface area contributed by atoms with E-state index < -0.39 is 0 Å². The largest absolute Gasteiger partial charge is 0.390 e. The minimum absolute atomic E-state index is 0.0364. The Morgan fingerprint density at radius 3 is 2.94 bits per heavy atom. The molecule has 3 heteroatoms. The van der Waals surface area contributed by atoms with E-state index in [4.69, 9.17) is 4.74 Å². The predicted molar refractivity (Wildman–Crippen MR) is 69.0 cm³/mol. The lowest BCUT2D eigenvalue weighted by molar-refractivity contribution is -0.107. The van der Waals surface area contributed by atoms with Crippen molar-refractivity contribution in [1.29, 1.82) is 0 Å². The lowest BCUT2D eigenvalue weighted by Gasteiger charge is -2.39. The first-order valence-electron chi connectivity index (χ1n) is 7.19. The highest BCUT2D eigenvalue weighted by atomic mass is 16.5. The van der Waals surface area contributed by atoms with Crippen molar-refractivity contribution in [3.8, 4) is 0 Å². The van der Waals surface area contributed by atoms with Crippen LogP contribution < -0.4 is 0 Å². The lowest BCUT2D eigenvalue weighted by atomic mass is 9.76. The van der Waals surface area contributed by atoms with Gasteiger partial charge in [0.25, 0.3) is 0 Å². The van der Waals surface area contributed by atoms with Gasteiger partial charge in [-0.1, -0.05) is 26.2 Å². The van der Waals surface area contributed by atoms with Gasteiger partial charge in [0.1, 0.15) is 0 Å². The summed E-state index contributed by atoms with van der Waals surface area (Å²) < 4.78 is 5.74. The molecule has 0 aromatic heterocycles. The Hall–Kier alpha value is -0.120. The molecule has 1 heterocycles. The van der Waals surface area contributed by atoms with Crippen LogP contribution in [0.25, 0.3) is 0 Å². The summed E-state index contributed by atoms with van der Waals surface area (Å²) in [6, 6.07) is 0. The van der Waals surface area contributed by atoms with Gasteiger partial charge in [0.15, 0.2) is 0 Å². The highest BCUT2D eigenvalue weighted by Crippen LogP contribution is 2.34. The maximum atomic E-state index is 10.5. The molecular weight excluding hydrogens is 214 g/mol. The van der Waals surface area contributed by atoms with E-state index in [1.54, 1.807) is 0 Å². The molecule has 17 heavy (non-hydrogen) atoms. The van der Waals surface area contributed by atoms with Gasteiger partial charge in [-0.3, -0.25) is 0 Å². The fourth-order valence-electron chi connectivity index (χ4n) is 3.33. The van der Waals surface area contributed by atoms with Gasteiger partial charge in [0.2, 0.25) is 0 Å². The summed E-state index contributed by atoms with van der Waals surface area (Å²) in [5.41, 5.74) is 0. The van der Waals surface area contributed by atoms with Gasteiger partial charge < -0.3 is 14.7 Å². The minimum Gasteiger partial charge on any atom is -0.390 e. The van der Waals surface area contributed by atoms with Gasteiger partial charge in [0.05, 0.1) is 18.8 Å². The fourth-order valence-corrected chi connectivity index (χ4v) is 3.33. The van der Waals surface area contributed by atoms with E-state index in [9.17, 15) is 5.11 Å². The highest BCUT2D eigenvalue weighted by molar-refractivity contribution is 4.85. The van der Waals surface area contributed by atoms with E-state index in [-0.39, 0.29) is 12.2 Å². The van der Waals surface area contributed by atoms with Crippen LogP contribution in [0.3, 0.4) is 0 Å². The average molecular weight is 241 g/mol. The van der Waals surface area contributed by atoms with Crippen LogP contribution in [0.2, 0.25) is 0 Å². The molecule has 0 amide bonds. The van der Waals surface area contributed by atoms with Crippen LogP contribution in [0.5, 0.6) is 0 Å². The van der Waals surface area contributed by atoms with E-state index in [1.807, 2.05) is 0 Å². The van der Waals surface area contributed by atoms with E-state index in [2.05, 4.69) is 18.9 Å². The fraction of sp³-hybridized carbons (Fsp3) is 1.00. The summed E-state index contributed by atoms with van der Waals surface area (Å²) in [7, 11) is 2.11. The Morgan fingerprint density at radius 1 is 1.41 bits per heavy atom. The number of nitrogens with zero attached hydrogens (tertiary/aromatic N) is 1. The number of ether oxygens (including phenoxy) is 1. The van der Waals surface area contributed by atoms with E-state index in [1.165, 1.54) is 32.1 Å². The molecule has 1 aliphatic carbocycles. The molecule has 0 aromatic rings. The molecule has 2 aliphatic rings. The van der Waals surface area contributed by atoms with Crippen LogP contribution in [-0.2, 0) is 4.74 Å². The summed E-state index contributed by atoms with van der Waals surface area (Å²) in [5.74, 6) is 1.29. The second-order valence-corrected chi connectivity index (χ2v) is 5.86. The van der Waals surface area contributed by atoms with Gasteiger partial charge in [-0.05, 0) is 31.7 Å². The molecule has 0 aromatic carbocycles. The Morgan fingerprint density at radius 2 is 2.24 bits per heavy atom. The second kappa shape index (κ2) is 6.17. The molecule has 1 saturated heterocycles. The van der Waals surface area contributed by atoms with Crippen LogP contribution in [0, 0.1) is 11.8 Å². The van der Waals surface area contributed by atoms with Crippen molar-refractivity contribution in [3.05, 3.63) is 0 Å². The van der Waals surface area contributed by atoms with Crippen molar-refractivity contribution in [2.75, 3.05) is 26.7 Å². The quantitative estimate of drug-likeness (QED) is 0.819. The van der Waals surface area contributed by atoms with Gasteiger partial charge >= 0.3 is 0 Å². The Balaban J connectivity index is 1.87. The third-order valence-electron chi connectivity index (χ3n) is 4.56. The monoisotopic (exact) mass is 241 g/mol. The van der Waals surface area contributed by atoms with Crippen molar-refractivity contribution < 1.29 is 9.84 Å². The minimum atomic E-state index is -0.257. The van der Waals surface area contributed by atoms with Crippen molar-refractivity contribution in [3.63, 3.8) is 0 Å². The molecule has 4 atom stereocenters. The zero-order chi connectivity index (χ0) is 12.3. The zero-order valence-corrected chi connectivity index (χ0v) is 11.3. The van der Waals surface area contributed by atoms with E-state index in [0.717, 1.165) is 25.6 Å². The lowest BCUT2D eigenvalue weighted by Crippen LogP contribution is -2.49. The molecule has 0 bridgehead atoms. The summed E-state index contributed by atoms with van der Waals surface area (Å²) >= 11 is 0. The van der Waals surface area contributed by atoms with Gasteiger partial charge in [-0.2, -0.15) is 0 Å². The SMILES string of the molecule is CCC1CCCC(C(O)C2CN(C)CCO2)C1. The first-order chi connectivity index (χ1) is 8.20. The second-order valence-electron chi connectivity index (χ2n) is 5.86. The number of likely N-dealkylation sites (N-methyl/N-ethyl adjacent to an activating group) is 1. The number of rotatable bonds is 3. The van der Waals surface area contributed by atoms with Gasteiger partial charge in [0, 0.05) is 13.1 Å². The van der Waals surface area contributed by atoms with Gasteiger partial charge in [-0.25, -0.2) is 0 Å². The summed E-state index contributed by atoms with van der Waals surface area (Å²) in [6.07, 6.45) is 6.05. The van der Waals surface area contributed by atoms with Crippen molar-refractivity contribution in [2.24, 2.45) is 11.8 Å². The standard InChI is InChI=1S/C14H27NO2/c1-3-11-5-4-6-12(9-11)14(16)13-10-15(2)7-8-17-13/h11-14,16H,3-10H2,1-2H3. The number of morpholine rings is 1. The maximum Gasteiger partial charge on any atom is 0.0963 e. The molecular formula is C14H27NO2. The van der Waals surface area contributed by atoms with Crippen LogP contribution in [-0.4, -0.2) is 49.0 Å². The molecule has 1 N–H and O–H groups in total. The van der Waals surface area contributed by atoms with Crippen LogP contribution in [0.1, 0.15) is 39.0 Å². The van der Waals surface area contributed by atoms with Crippen LogP contribution in [0.4, 0.5) is 0 Å². The predicted octanol–water partition coefficient (Wildman–Crippen LogP) is 1.89. The number of hydrogen-bond acceptors (Lipinski definition) is 3. The maximum absolute atomic E-state index is 10.5. The third kappa shape index (κ3) is 3.43. The molecule has 4 unspecified atom stereocenters. The van der Waals surface area contributed by atoms with Crippen molar-refractivity contribution >= 4 is 0 Å². The topological polar surface area (TPSA) is 32.7 Å². The first-order valence-corrected chi connectivity index (χ1v) is 7.19.